The van der Waals surface area contributed by atoms with Crippen molar-refractivity contribution in [3.63, 3.8) is 0 Å². The maximum absolute atomic E-state index is 14.2. The summed E-state index contributed by atoms with van der Waals surface area (Å²) in [7, 11) is 8.34. The van der Waals surface area contributed by atoms with Gasteiger partial charge in [-0.05, 0) is 57.7 Å². The number of benzene rings is 1. The van der Waals surface area contributed by atoms with Crippen LogP contribution in [0.3, 0.4) is 0 Å². The summed E-state index contributed by atoms with van der Waals surface area (Å²) < 4.78 is 16.9. The predicted octanol–water partition coefficient (Wildman–Crippen LogP) is 2.54. The number of hydrogen-bond donors (Lipinski definition) is 3. The minimum atomic E-state index is -1.12. The van der Waals surface area contributed by atoms with E-state index in [0.717, 1.165) is 5.56 Å². The zero-order chi connectivity index (χ0) is 45.1. The average Bonchev–Trinajstić information content (AvgIpc) is 3.71. The van der Waals surface area contributed by atoms with Crippen LogP contribution in [0.25, 0.3) is 0 Å². The standard InChI is InChI=1S/C43H71N7O10/c1-12-28(4)38(49(9)36(52)26-45-42(55)37(27(2)3)48(7)8)34(58-10)25-35(51)50-22-16-20-33(50)39(59-11)29(5)40(53)46-32(24-31-18-14-13-15-19-31)41(54)44-21-17-23-60-43(56)30(6)47-57/h13-15,18-19,27-30,32-34,37-39H,12,16-17,20-26H2,1-11H3,(H,44,54)(H,45,55)(H,46,53)/t28-,29+,30-,32-,33-,34+,37-,38-,39+/m0/s1. The first-order chi connectivity index (χ1) is 28.4. The molecule has 0 bridgehead atoms. The van der Waals surface area contributed by atoms with Gasteiger partial charge in [-0.2, -0.15) is 0 Å². The molecule has 1 fully saturated rings. The van der Waals surface area contributed by atoms with E-state index in [1.165, 1.54) is 21.1 Å². The number of ether oxygens (including phenoxy) is 3. The van der Waals surface area contributed by atoms with Gasteiger partial charge in [0.1, 0.15) is 6.04 Å². The molecule has 1 heterocycles. The zero-order valence-electron chi connectivity index (χ0n) is 37.6. The second kappa shape index (κ2) is 26.0. The van der Waals surface area contributed by atoms with Crippen molar-refractivity contribution in [1.29, 1.82) is 0 Å². The van der Waals surface area contributed by atoms with Gasteiger partial charge in [0.15, 0.2) is 6.04 Å². The van der Waals surface area contributed by atoms with Gasteiger partial charge in [-0.25, -0.2) is 4.79 Å². The minimum absolute atomic E-state index is 0.0219. The molecule has 1 aromatic carbocycles. The SMILES string of the molecule is CC[C@H](C)[C@@H]([C@@H](CC(=O)N1CCC[C@H]1[C@H](OC)[C@@H](C)C(=O)N[C@@H](Cc1ccccc1)C(=O)NCCCOC(=O)[C@H](C)N=O)OC)N(C)C(=O)CNC(=O)[C@H](C(C)C)N(C)C. The Labute approximate surface area is 356 Å². The fraction of sp³-hybridized carbons (Fsp3) is 0.721. The number of likely N-dealkylation sites (tertiary alicyclic amines) is 1. The van der Waals surface area contributed by atoms with E-state index in [0.29, 0.717) is 25.8 Å². The number of amides is 5. The topological polar surface area (TPSA) is 205 Å². The molecule has 3 N–H and O–H groups in total. The lowest BCUT2D eigenvalue weighted by atomic mass is 9.90. The molecule has 0 aromatic heterocycles. The fourth-order valence-electron chi connectivity index (χ4n) is 7.96. The molecule has 5 amide bonds. The maximum Gasteiger partial charge on any atom is 0.334 e. The molecule has 338 valence electrons. The molecular formula is C43H71N7O10. The highest BCUT2D eigenvalue weighted by Crippen LogP contribution is 2.29. The molecule has 2 rings (SSSR count). The molecule has 1 aliphatic rings. The molecule has 0 radical (unpaired) electrons. The van der Waals surface area contributed by atoms with Crippen molar-refractivity contribution in [1.82, 2.24) is 30.7 Å². The van der Waals surface area contributed by atoms with E-state index in [4.69, 9.17) is 14.2 Å². The molecular weight excluding hydrogens is 775 g/mol. The Kier molecular flexibility index (Phi) is 22.4. The lowest BCUT2D eigenvalue weighted by Gasteiger charge is -2.39. The van der Waals surface area contributed by atoms with Crippen LogP contribution in [0.2, 0.25) is 0 Å². The molecule has 1 aromatic rings. The summed E-state index contributed by atoms with van der Waals surface area (Å²) in [5, 5.41) is 11.1. The summed E-state index contributed by atoms with van der Waals surface area (Å²) in [5.41, 5.74) is 0.829. The summed E-state index contributed by atoms with van der Waals surface area (Å²) in [4.78, 5) is 95.6. The van der Waals surface area contributed by atoms with Crippen molar-refractivity contribution in [3.8, 4) is 0 Å². The first kappa shape index (κ1) is 51.7. The second-order valence-corrected chi connectivity index (χ2v) is 16.4. The number of nitroso groups, excluding NO2 is 1. The number of hydrogen-bond acceptors (Lipinski definition) is 12. The predicted molar refractivity (Wildman–Crippen MR) is 227 cm³/mol. The van der Waals surface area contributed by atoms with Gasteiger partial charge in [-0.1, -0.05) is 76.5 Å². The third-order valence-electron chi connectivity index (χ3n) is 11.5. The summed E-state index contributed by atoms with van der Waals surface area (Å²) in [6.07, 6.45) is 1.10. The van der Waals surface area contributed by atoms with Crippen molar-refractivity contribution >= 4 is 35.5 Å². The molecule has 1 saturated heterocycles. The third kappa shape index (κ3) is 15.2. The lowest BCUT2D eigenvalue weighted by Crippen LogP contribution is -2.55. The lowest BCUT2D eigenvalue weighted by molar-refractivity contribution is -0.146. The van der Waals surface area contributed by atoms with Crippen molar-refractivity contribution < 1.29 is 43.0 Å². The highest BCUT2D eigenvalue weighted by molar-refractivity contribution is 5.89. The molecule has 9 atom stereocenters. The van der Waals surface area contributed by atoms with Crippen molar-refractivity contribution in [3.05, 3.63) is 40.8 Å². The highest BCUT2D eigenvalue weighted by atomic mass is 16.5. The Morgan fingerprint density at radius 3 is 2.15 bits per heavy atom. The van der Waals surface area contributed by atoms with E-state index < -0.39 is 66.1 Å². The maximum atomic E-state index is 14.2. The molecule has 17 heteroatoms. The van der Waals surface area contributed by atoms with Crippen LogP contribution < -0.4 is 16.0 Å². The van der Waals surface area contributed by atoms with Crippen LogP contribution in [0, 0.1) is 22.7 Å². The Balaban J connectivity index is 2.18. The van der Waals surface area contributed by atoms with E-state index in [1.807, 2.05) is 77.0 Å². The van der Waals surface area contributed by atoms with Gasteiger partial charge >= 0.3 is 5.97 Å². The van der Waals surface area contributed by atoms with E-state index in [2.05, 4.69) is 21.1 Å². The van der Waals surface area contributed by atoms with Crippen LogP contribution >= 0.6 is 0 Å². The molecule has 0 spiro atoms. The van der Waals surface area contributed by atoms with Gasteiger partial charge in [-0.15, -0.1) is 4.91 Å². The van der Waals surface area contributed by atoms with Gasteiger partial charge in [0.05, 0.1) is 55.8 Å². The number of nitrogens with one attached hydrogen (secondary N) is 3. The van der Waals surface area contributed by atoms with Crippen LogP contribution in [0.15, 0.2) is 35.5 Å². The summed E-state index contributed by atoms with van der Waals surface area (Å²) in [5.74, 6) is -3.11. The van der Waals surface area contributed by atoms with Gasteiger partial charge in [0.2, 0.25) is 29.5 Å². The van der Waals surface area contributed by atoms with E-state index in [1.54, 1.807) is 23.8 Å². The number of likely N-dealkylation sites (N-methyl/N-ethyl adjacent to an activating group) is 2. The number of esters is 1. The normalized spacial score (nSPS) is 18.0. The fourth-order valence-corrected chi connectivity index (χ4v) is 7.96. The minimum Gasteiger partial charge on any atom is -0.464 e. The van der Waals surface area contributed by atoms with Gasteiger partial charge in [0, 0.05) is 40.8 Å². The largest absolute Gasteiger partial charge is 0.464 e. The number of carbonyl (C=O) groups is 6. The number of rotatable bonds is 26. The zero-order valence-corrected chi connectivity index (χ0v) is 37.6. The van der Waals surface area contributed by atoms with Gasteiger partial charge in [0.25, 0.3) is 0 Å². The molecule has 0 aliphatic carbocycles. The van der Waals surface area contributed by atoms with E-state index >= 15 is 0 Å². The van der Waals surface area contributed by atoms with Crippen LogP contribution in [0.4, 0.5) is 0 Å². The quantitative estimate of drug-likeness (QED) is 0.0702. The van der Waals surface area contributed by atoms with Crippen LogP contribution in [-0.2, 0) is 49.4 Å². The van der Waals surface area contributed by atoms with Gasteiger partial charge in [-0.3, -0.25) is 28.9 Å². The van der Waals surface area contributed by atoms with Crippen molar-refractivity contribution in [2.24, 2.45) is 22.9 Å². The Morgan fingerprint density at radius 1 is 0.917 bits per heavy atom. The molecule has 1 aliphatic heterocycles. The average molecular weight is 846 g/mol. The number of carbonyl (C=O) groups excluding carboxylic acids is 6. The van der Waals surface area contributed by atoms with E-state index in [-0.39, 0.29) is 68.5 Å². The Morgan fingerprint density at radius 2 is 1.58 bits per heavy atom. The first-order valence-corrected chi connectivity index (χ1v) is 21.1. The Hall–Kier alpha value is -4.48. The molecule has 60 heavy (non-hydrogen) atoms. The number of methoxy groups -OCH3 is 2. The van der Waals surface area contributed by atoms with Crippen molar-refractivity contribution in [2.75, 3.05) is 61.6 Å². The number of nitrogens with zero attached hydrogens (tertiary/aromatic N) is 4. The van der Waals surface area contributed by atoms with Crippen LogP contribution in [-0.4, -0.2) is 154 Å². The monoisotopic (exact) mass is 846 g/mol. The second-order valence-electron chi connectivity index (χ2n) is 16.4. The third-order valence-corrected chi connectivity index (χ3v) is 11.5. The summed E-state index contributed by atoms with van der Waals surface area (Å²) in [6, 6.07) is 5.88. The summed E-state index contributed by atoms with van der Waals surface area (Å²) in [6.45, 7) is 11.3. The highest BCUT2D eigenvalue weighted by Gasteiger charge is 2.42. The van der Waals surface area contributed by atoms with Crippen molar-refractivity contribution in [2.45, 2.75) is 122 Å². The molecule has 17 nitrogen and oxygen atoms in total. The van der Waals surface area contributed by atoms with E-state index in [9.17, 15) is 33.7 Å². The smallest absolute Gasteiger partial charge is 0.334 e. The molecule has 0 saturated carbocycles. The van der Waals surface area contributed by atoms with Crippen LogP contribution in [0.5, 0.6) is 0 Å². The summed E-state index contributed by atoms with van der Waals surface area (Å²) >= 11 is 0. The van der Waals surface area contributed by atoms with Crippen LogP contribution in [0.1, 0.15) is 79.2 Å². The molecule has 0 unspecified atom stereocenters. The first-order valence-electron chi connectivity index (χ1n) is 21.1. The van der Waals surface area contributed by atoms with Gasteiger partial charge < -0.3 is 40.0 Å². The Bertz CT molecular complexity index is 1540.